The highest BCUT2D eigenvalue weighted by atomic mass is 35.5. The number of hydrogen-bond acceptors (Lipinski definition) is 3. The van der Waals surface area contributed by atoms with Gasteiger partial charge in [0.1, 0.15) is 5.02 Å². The smallest absolute Gasteiger partial charge is 0.288 e. The van der Waals surface area contributed by atoms with E-state index in [1.807, 2.05) is 0 Å². The molecule has 2 N–H and O–H groups in total. The van der Waals surface area contributed by atoms with Crippen molar-refractivity contribution in [1.29, 1.82) is 0 Å². The van der Waals surface area contributed by atoms with Crippen molar-refractivity contribution in [2.75, 3.05) is 6.54 Å². The normalized spacial score (nSPS) is 11.5. The number of halogens is 3. The van der Waals surface area contributed by atoms with Gasteiger partial charge in [-0.1, -0.05) is 17.7 Å². The van der Waals surface area contributed by atoms with Gasteiger partial charge in [-0.3, -0.25) is 10.1 Å². The molecule has 0 aromatic heterocycles. The van der Waals surface area contributed by atoms with Gasteiger partial charge in [0, 0.05) is 18.1 Å². The number of hydrogen-bond donors (Lipinski definition) is 1. The monoisotopic (exact) mass is 250 g/mol. The molecule has 1 aromatic rings. The van der Waals surface area contributed by atoms with E-state index in [0.29, 0.717) is 0 Å². The molecule has 0 radical (unpaired) electrons. The maximum absolute atomic E-state index is 13.4. The number of benzene rings is 1. The zero-order chi connectivity index (χ0) is 12.3. The van der Waals surface area contributed by atoms with Crippen molar-refractivity contribution in [3.8, 4) is 0 Å². The van der Waals surface area contributed by atoms with E-state index in [2.05, 4.69) is 0 Å². The predicted molar refractivity (Wildman–Crippen MR) is 55.7 cm³/mol. The second-order valence-electron chi connectivity index (χ2n) is 3.17. The fourth-order valence-corrected chi connectivity index (χ4v) is 1.39. The topological polar surface area (TPSA) is 69.2 Å². The molecule has 0 aliphatic rings. The van der Waals surface area contributed by atoms with Crippen LogP contribution in [-0.2, 0) is 5.92 Å². The second kappa shape index (κ2) is 4.71. The van der Waals surface area contributed by atoms with Crippen LogP contribution >= 0.6 is 11.6 Å². The van der Waals surface area contributed by atoms with Crippen LogP contribution in [0.5, 0.6) is 0 Å². The molecule has 0 spiro atoms. The Hall–Kier alpha value is -1.27. The van der Waals surface area contributed by atoms with Crippen molar-refractivity contribution in [3.63, 3.8) is 0 Å². The molecule has 4 nitrogen and oxygen atoms in total. The molecular weight excluding hydrogens is 242 g/mol. The molecule has 0 amide bonds. The Kier molecular flexibility index (Phi) is 3.77. The van der Waals surface area contributed by atoms with Gasteiger partial charge < -0.3 is 5.73 Å². The van der Waals surface area contributed by atoms with Gasteiger partial charge >= 0.3 is 0 Å². The first kappa shape index (κ1) is 12.8. The average Bonchev–Trinajstić information content (AvgIpc) is 2.17. The van der Waals surface area contributed by atoms with E-state index in [0.717, 1.165) is 18.2 Å². The van der Waals surface area contributed by atoms with Gasteiger partial charge in [-0.05, 0) is 12.6 Å². The van der Waals surface area contributed by atoms with Gasteiger partial charge in [0.25, 0.3) is 11.6 Å². The number of nitro benzene ring substituents is 1. The third kappa shape index (κ3) is 2.65. The molecule has 7 heteroatoms. The molecule has 0 atom stereocenters. The Bertz CT molecular complexity index is 412. The molecule has 0 fully saturated rings. The van der Waals surface area contributed by atoms with Crippen molar-refractivity contribution in [3.05, 3.63) is 38.9 Å². The molecular formula is C9H9ClF2N2O2. The first-order chi connectivity index (χ1) is 7.38. The minimum absolute atomic E-state index is 0.169. The Morgan fingerprint density at radius 1 is 1.50 bits per heavy atom. The maximum Gasteiger partial charge on any atom is 0.288 e. The first-order valence-electron chi connectivity index (χ1n) is 4.41. The van der Waals surface area contributed by atoms with Crippen LogP contribution in [-0.4, -0.2) is 11.5 Å². The summed E-state index contributed by atoms with van der Waals surface area (Å²) in [7, 11) is 0. The van der Waals surface area contributed by atoms with E-state index in [1.165, 1.54) is 0 Å². The van der Waals surface area contributed by atoms with Crippen LogP contribution in [0.1, 0.15) is 12.0 Å². The van der Waals surface area contributed by atoms with Gasteiger partial charge in [-0.15, -0.1) is 0 Å². The molecule has 0 aliphatic carbocycles. The summed E-state index contributed by atoms with van der Waals surface area (Å²) >= 11 is 5.51. The molecule has 88 valence electrons. The second-order valence-corrected chi connectivity index (χ2v) is 3.57. The molecule has 0 heterocycles. The summed E-state index contributed by atoms with van der Waals surface area (Å²) in [6.07, 6.45) is -0.564. The zero-order valence-electron chi connectivity index (χ0n) is 8.12. The highest BCUT2D eigenvalue weighted by molar-refractivity contribution is 6.32. The van der Waals surface area contributed by atoms with E-state index < -0.39 is 28.5 Å². The summed E-state index contributed by atoms with van der Waals surface area (Å²) in [6.45, 7) is -0.205. The Balaban J connectivity index is 3.17. The van der Waals surface area contributed by atoms with Crippen molar-refractivity contribution in [2.24, 2.45) is 5.73 Å². The van der Waals surface area contributed by atoms with Gasteiger partial charge in [-0.2, -0.15) is 0 Å². The number of alkyl halides is 2. The number of nitro groups is 1. The highest BCUT2D eigenvalue weighted by Crippen LogP contribution is 2.35. The van der Waals surface area contributed by atoms with E-state index in [-0.39, 0.29) is 11.6 Å². The third-order valence-electron chi connectivity index (χ3n) is 2.02. The van der Waals surface area contributed by atoms with Crippen molar-refractivity contribution >= 4 is 17.3 Å². The molecule has 0 unspecified atom stereocenters. The van der Waals surface area contributed by atoms with Crippen LogP contribution in [0, 0.1) is 10.1 Å². The molecule has 1 rings (SSSR count). The SMILES string of the molecule is NCCC(F)(F)c1ccc(Cl)c([N+](=O)[O-])c1. The number of nitrogens with two attached hydrogens (primary N) is 1. The quantitative estimate of drug-likeness (QED) is 0.660. The third-order valence-corrected chi connectivity index (χ3v) is 2.34. The lowest BCUT2D eigenvalue weighted by Gasteiger charge is -2.15. The summed E-state index contributed by atoms with van der Waals surface area (Å²) in [4.78, 5) is 9.71. The largest absolute Gasteiger partial charge is 0.330 e. The molecule has 16 heavy (non-hydrogen) atoms. The van der Waals surface area contributed by atoms with Crippen molar-refractivity contribution < 1.29 is 13.7 Å². The van der Waals surface area contributed by atoms with Crippen molar-refractivity contribution in [2.45, 2.75) is 12.3 Å². The summed E-state index contributed by atoms with van der Waals surface area (Å²) in [6, 6.07) is 2.92. The van der Waals surface area contributed by atoms with Crippen LogP contribution in [0.3, 0.4) is 0 Å². The Labute approximate surface area is 95.2 Å². The first-order valence-corrected chi connectivity index (χ1v) is 4.78. The number of nitrogens with zero attached hydrogens (tertiary/aromatic N) is 1. The lowest BCUT2D eigenvalue weighted by Crippen LogP contribution is -2.18. The lowest BCUT2D eigenvalue weighted by atomic mass is 10.0. The van der Waals surface area contributed by atoms with Gasteiger partial charge in [-0.25, -0.2) is 8.78 Å². The maximum atomic E-state index is 13.4. The fraction of sp³-hybridized carbons (Fsp3) is 0.333. The van der Waals surface area contributed by atoms with Crippen molar-refractivity contribution in [1.82, 2.24) is 0 Å². The predicted octanol–water partition coefficient (Wildman–Crippen LogP) is 2.69. The number of rotatable bonds is 4. The van der Waals surface area contributed by atoms with Gasteiger partial charge in [0.15, 0.2) is 0 Å². The van der Waals surface area contributed by atoms with E-state index in [9.17, 15) is 18.9 Å². The summed E-state index contributed by atoms with van der Waals surface area (Å²) < 4.78 is 26.8. The standard InChI is InChI=1S/C9H9ClF2N2O2/c10-7-2-1-6(5-8(7)14(15)16)9(11,12)3-4-13/h1-2,5H,3-4,13H2. The highest BCUT2D eigenvalue weighted by Gasteiger charge is 2.32. The molecule has 0 aliphatic heterocycles. The van der Waals surface area contributed by atoms with E-state index in [1.54, 1.807) is 0 Å². The van der Waals surface area contributed by atoms with Gasteiger partial charge in [0.05, 0.1) is 4.92 Å². The van der Waals surface area contributed by atoms with E-state index in [4.69, 9.17) is 17.3 Å². The van der Waals surface area contributed by atoms with Gasteiger partial charge in [0.2, 0.25) is 0 Å². The van der Waals surface area contributed by atoms with Crippen LogP contribution in [0.15, 0.2) is 18.2 Å². The van der Waals surface area contributed by atoms with Crippen LogP contribution < -0.4 is 5.73 Å². The minimum atomic E-state index is -3.18. The molecule has 1 aromatic carbocycles. The molecule has 0 saturated heterocycles. The minimum Gasteiger partial charge on any atom is -0.330 e. The zero-order valence-corrected chi connectivity index (χ0v) is 8.88. The fourth-order valence-electron chi connectivity index (χ4n) is 1.21. The summed E-state index contributed by atoms with van der Waals surface area (Å²) in [5, 5.41) is 10.3. The van der Waals surface area contributed by atoms with Crippen LogP contribution in [0.2, 0.25) is 5.02 Å². The lowest BCUT2D eigenvalue weighted by molar-refractivity contribution is -0.384. The summed E-state index contributed by atoms with van der Waals surface area (Å²) in [5.74, 6) is -3.18. The van der Waals surface area contributed by atoms with Crippen LogP contribution in [0.25, 0.3) is 0 Å². The molecule has 0 bridgehead atoms. The van der Waals surface area contributed by atoms with E-state index >= 15 is 0 Å². The Morgan fingerprint density at radius 3 is 2.62 bits per heavy atom. The Morgan fingerprint density at radius 2 is 2.12 bits per heavy atom. The van der Waals surface area contributed by atoms with Crippen LogP contribution in [0.4, 0.5) is 14.5 Å². The molecule has 0 saturated carbocycles. The summed E-state index contributed by atoms with van der Waals surface area (Å²) in [5.41, 5.74) is 4.06. The average molecular weight is 251 g/mol.